The molecule has 0 radical (unpaired) electrons. The zero-order valence-electron chi connectivity index (χ0n) is 11.6. The van der Waals surface area contributed by atoms with Crippen LogP contribution in [0.25, 0.3) is 43.5 Å². The molecule has 0 aliphatic carbocycles. The summed E-state index contributed by atoms with van der Waals surface area (Å²) in [5, 5.41) is 7.25. The first-order valence-electron chi connectivity index (χ1n) is 7.23. The number of halogens is 1. The highest BCUT2D eigenvalue weighted by atomic mass is 79.9. The fourth-order valence-electron chi connectivity index (χ4n) is 3.27. The van der Waals surface area contributed by atoms with E-state index in [1.165, 1.54) is 32.3 Å². The van der Waals surface area contributed by atoms with E-state index in [1.807, 2.05) is 0 Å². The van der Waals surface area contributed by atoms with E-state index in [1.54, 1.807) is 0 Å². The Morgan fingerprint density at radius 1 is 0.682 bits per heavy atom. The molecule has 0 atom stereocenters. The molecule has 0 aliphatic rings. The molecule has 0 N–H and O–H groups in total. The van der Waals surface area contributed by atoms with Crippen molar-refractivity contribution in [3.63, 3.8) is 0 Å². The van der Waals surface area contributed by atoms with Gasteiger partial charge in [-0.3, -0.25) is 0 Å². The average Bonchev–Trinajstić information content (AvgIpc) is 2.92. The molecule has 0 saturated carbocycles. The van der Waals surface area contributed by atoms with E-state index in [0.717, 1.165) is 15.6 Å². The van der Waals surface area contributed by atoms with Gasteiger partial charge in [-0.2, -0.15) is 0 Å². The van der Waals surface area contributed by atoms with Gasteiger partial charge in [-0.15, -0.1) is 0 Å². The van der Waals surface area contributed by atoms with Crippen LogP contribution < -0.4 is 0 Å². The van der Waals surface area contributed by atoms with Crippen LogP contribution in [-0.4, -0.2) is 0 Å². The van der Waals surface area contributed by atoms with Crippen molar-refractivity contribution in [2.75, 3.05) is 0 Å². The number of hydrogen-bond acceptors (Lipinski definition) is 1. The van der Waals surface area contributed by atoms with Gasteiger partial charge in [0.15, 0.2) is 0 Å². The second kappa shape index (κ2) is 4.34. The van der Waals surface area contributed by atoms with Gasteiger partial charge in [0.1, 0.15) is 11.2 Å². The molecule has 1 nitrogen and oxygen atoms in total. The molecule has 4 aromatic carbocycles. The lowest BCUT2D eigenvalue weighted by Gasteiger charge is -2.01. The molecule has 1 heterocycles. The maximum absolute atomic E-state index is 6.15. The first-order chi connectivity index (χ1) is 10.8. The fourth-order valence-corrected chi connectivity index (χ4v) is 3.80. The van der Waals surface area contributed by atoms with Crippen LogP contribution >= 0.6 is 15.9 Å². The molecular formula is C20H11BrO. The summed E-state index contributed by atoms with van der Waals surface area (Å²) in [6.07, 6.45) is 0. The largest absolute Gasteiger partial charge is 0.455 e. The maximum Gasteiger partial charge on any atom is 0.150 e. The normalized spacial score (nSPS) is 11.9. The molecule has 0 saturated heterocycles. The maximum atomic E-state index is 6.15. The highest BCUT2D eigenvalue weighted by Gasteiger charge is 2.14. The van der Waals surface area contributed by atoms with Gasteiger partial charge < -0.3 is 4.42 Å². The lowest BCUT2D eigenvalue weighted by molar-refractivity contribution is 0.667. The van der Waals surface area contributed by atoms with Crippen LogP contribution in [0.2, 0.25) is 0 Å². The van der Waals surface area contributed by atoms with Crippen LogP contribution in [0.4, 0.5) is 0 Å². The third kappa shape index (κ3) is 1.59. The number of fused-ring (bicyclic) bond motifs is 6. The van der Waals surface area contributed by atoms with Crippen molar-refractivity contribution in [2.24, 2.45) is 0 Å². The Bertz CT molecular complexity index is 1180. The van der Waals surface area contributed by atoms with E-state index in [9.17, 15) is 0 Å². The van der Waals surface area contributed by atoms with Crippen LogP contribution in [0.15, 0.2) is 75.6 Å². The summed E-state index contributed by atoms with van der Waals surface area (Å²) in [5.41, 5.74) is 1.86. The molecule has 0 aliphatic heterocycles. The van der Waals surface area contributed by atoms with Gasteiger partial charge in [0, 0.05) is 10.8 Å². The van der Waals surface area contributed by atoms with E-state index in [4.69, 9.17) is 4.42 Å². The molecular weight excluding hydrogens is 336 g/mol. The lowest BCUT2D eigenvalue weighted by atomic mass is 10.0. The molecule has 104 valence electrons. The van der Waals surface area contributed by atoms with Crippen LogP contribution in [0.1, 0.15) is 0 Å². The first kappa shape index (κ1) is 12.2. The van der Waals surface area contributed by atoms with Crippen molar-refractivity contribution in [2.45, 2.75) is 0 Å². The average molecular weight is 347 g/mol. The first-order valence-corrected chi connectivity index (χ1v) is 8.03. The van der Waals surface area contributed by atoms with Crippen LogP contribution in [-0.2, 0) is 0 Å². The van der Waals surface area contributed by atoms with Gasteiger partial charge in [0.25, 0.3) is 0 Å². The predicted octanol–water partition coefficient (Wildman–Crippen LogP) is 6.65. The summed E-state index contributed by atoms with van der Waals surface area (Å²) in [5.74, 6) is 0. The van der Waals surface area contributed by atoms with Gasteiger partial charge in [0.2, 0.25) is 0 Å². The topological polar surface area (TPSA) is 13.1 Å². The Hall–Kier alpha value is -2.32. The van der Waals surface area contributed by atoms with Crippen LogP contribution in [0, 0.1) is 0 Å². The molecule has 5 rings (SSSR count). The van der Waals surface area contributed by atoms with Crippen molar-refractivity contribution in [1.29, 1.82) is 0 Å². The Balaban J connectivity index is 2.11. The molecule has 0 spiro atoms. The standard InChI is InChI=1S/C20H11BrO/c21-17-10-14-7-3-4-8-15(14)19-16-9-12-5-1-2-6-13(12)11-18(16)22-20(17)19/h1-11H. The van der Waals surface area contributed by atoms with E-state index in [0.29, 0.717) is 0 Å². The minimum Gasteiger partial charge on any atom is -0.455 e. The number of furan rings is 1. The summed E-state index contributed by atoms with van der Waals surface area (Å²) in [6.45, 7) is 0. The predicted molar refractivity (Wildman–Crippen MR) is 96.4 cm³/mol. The molecule has 22 heavy (non-hydrogen) atoms. The second-order valence-electron chi connectivity index (χ2n) is 5.58. The quantitative estimate of drug-likeness (QED) is 0.305. The van der Waals surface area contributed by atoms with Gasteiger partial charge in [-0.25, -0.2) is 0 Å². The molecule has 2 heteroatoms. The van der Waals surface area contributed by atoms with Gasteiger partial charge >= 0.3 is 0 Å². The molecule has 5 aromatic rings. The van der Waals surface area contributed by atoms with E-state index >= 15 is 0 Å². The lowest BCUT2D eigenvalue weighted by Crippen LogP contribution is -1.76. The van der Waals surface area contributed by atoms with Gasteiger partial charge in [0.05, 0.1) is 4.47 Å². The third-order valence-corrected chi connectivity index (χ3v) is 4.87. The molecule has 0 fully saturated rings. The zero-order valence-corrected chi connectivity index (χ0v) is 13.2. The summed E-state index contributed by atoms with van der Waals surface area (Å²) in [6, 6.07) is 23.3. The minimum absolute atomic E-state index is 0.920. The van der Waals surface area contributed by atoms with Crippen molar-refractivity contribution >= 4 is 59.4 Å². The second-order valence-corrected chi connectivity index (χ2v) is 6.44. The molecule has 1 aromatic heterocycles. The van der Waals surface area contributed by atoms with E-state index in [-0.39, 0.29) is 0 Å². The van der Waals surface area contributed by atoms with Crippen LogP contribution in [0.5, 0.6) is 0 Å². The fraction of sp³-hybridized carbons (Fsp3) is 0. The van der Waals surface area contributed by atoms with Gasteiger partial charge in [-0.05, 0) is 55.7 Å². The number of benzene rings is 4. The monoisotopic (exact) mass is 346 g/mol. The van der Waals surface area contributed by atoms with Crippen molar-refractivity contribution in [3.05, 3.63) is 71.2 Å². The zero-order chi connectivity index (χ0) is 14.7. The molecule has 0 amide bonds. The highest BCUT2D eigenvalue weighted by Crippen LogP contribution is 2.40. The Kier molecular flexibility index (Phi) is 2.42. The molecule has 0 unspecified atom stereocenters. The summed E-state index contributed by atoms with van der Waals surface area (Å²) in [7, 11) is 0. The Labute approximate surface area is 135 Å². The highest BCUT2D eigenvalue weighted by molar-refractivity contribution is 9.10. The van der Waals surface area contributed by atoms with Gasteiger partial charge in [-0.1, -0.05) is 48.5 Å². The summed E-state index contributed by atoms with van der Waals surface area (Å²) in [4.78, 5) is 0. The van der Waals surface area contributed by atoms with Crippen LogP contribution in [0.3, 0.4) is 0 Å². The number of rotatable bonds is 0. The SMILES string of the molecule is Brc1cc2ccccc2c2c1oc1cc3ccccc3cc12. The van der Waals surface area contributed by atoms with Crippen molar-refractivity contribution in [3.8, 4) is 0 Å². The summed E-state index contributed by atoms with van der Waals surface area (Å²) < 4.78 is 7.15. The number of hydrogen-bond donors (Lipinski definition) is 0. The summed E-state index contributed by atoms with van der Waals surface area (Å²) >= 11 is 3.66. The Morgan fingerprint density at radius 2 is 1.36 bits per heavy atom. The van der Waals surface area contributed by atoms with E-state index in [2.05, 4.69) is 82.7 Å². The minimum atomic E-state index is 0.920. The Morgan fingerprint density at radius 3 is 2.18 bits per heavy atom. The van der Waals surface area contributed by atoms with Crippen molar-refractivity contribution < 1.29 is 4.42 Å². The van der Waals surface area contributed by atoms with Crippen molar-refractivity contribution in [1.82, 2.24) is 0 Å². The van der Waals surface area contributed by atoms with E-state index < -0.39 is 0 Å². The third-order valence-electron chi connectivity index (χ3n) is 4.29. The smallest absolute Gasteiger partial charge is 0.150 e. The molecule has 0 bridgehead atoms.